The monoisotopic (exact) mass is 634 g/mol. The van der Waals surface area contributed by atoms with Gasteiger partial charge in [0.05, 0.1) is 52.9 Å². The number of benzene rings is 3. The van der Waals surface area contributed by atoms with Crippen LogP contribution in [0.2, 0.25) is 0 Å². The number of carbonyl (C=O) groups is 4. The smallest absolute Gasteiger partial charge is 0.339 e. The predicted molar refractivity (Wildman–Crippen MR) is 160 cm³/mol. The van der Waals surface area contributed by atoms with Gasteiger partial charge in [-0.25, -0.2) is 23.4 Å². The van der Waals surface area contributed by atoms with Crippen LogP contribution in [-0.4, -0.2) is 61.7 Å². The third-order valence-electron chi connectivity index (χ3n) is 7.19. The number of esters is 2. The number of carbonyl (C=O) groups excluding carboxylic acids is 2. The van der Waals surface area contributed by atoms with Crippen LogP contribution in [0.4, 0.5) is 0 Å². The fraction of sp³-hybridized carbons (Fsp3) is 0.212. The molecule has 4 rings (SSSR count). The number of ether oxygens (including phenoxy) is 2. The van der Waals surface area contributed by atoms with Gasteiger partial charge >= 0.3 is 23.9 Å². The molecular formula is C33H30O11S. The maximum Gasteiger partial charge on any atom is 0.339 e. The highest BCUT2D eigenvalue weighted by Gasteiger charge is 2.25. The number of hydrogen-bond donors (Lipinski definition) is 4. The largest absolute Gasteiger partial charge is 0.478 e. The third-order valence-corrected chi connectivity index (χ3v) is 8.55. The van der Waals surface area contributed by atoms with E-state index in [1.807, 2.05) is 13.0 Å². The molecule has 45 heavy (non-hydrogen) atoms. The van der Waals surface area contributed by atoms with Crippen molar-refractivity contribution in [3.8, 4) is 0 Å². The summed E-state index contributed by atoms with van der Waals surface area (Å²) in [5.74, 6) is -4.99. The van der Waals surface area contributed by atoms with Gasteiger partial charge in [-0.3, -0.25) is 0 Å². The van der Waals surface area contributed by atoms with Crippen LogP contribution >= 0.6 is 0 Å². The Bertz CT molecular complexity index is 1710. The van der Waals surface area contributed by atoms with E-state index in [4.69, 9.17) is 14.6 Å². The van der Waals surface area contributed by atoms with Crippen molar-refractivity contribution >= 4 is 34.7 Å². The first-order valence-electron chi connectivity index (χ1n) is 13.7. The number of hydrogen-bond acceptors (Lipinski definition) is 9. The molecule has 3 aromatic rings. The van der Waals surface area contributed by atoms with E-state index < -0.39 is 40.2 Å². The average molecular weight is 635 g/mol. The molecule has 1 aliphatic carbocycles. The summed E-state index contributed by atoms with van der Waals surface area (Å²) < 4.78 is 24.1. The second kappa shape index (κ2) is 14.7. The van der Waals surface area contributed by atoms with Crippen molar-refractivity contribution in [3.05, 3.63) is 118 Å². The first-order valence-corrected chi connectivity index (χ1v) is 14.9. The minimum absolute atomic E-state index is 0.00592. The summed E-state index contributed by atoms with van der Waals surface area (Å²) in [7, 11) is -2.08. The van der Waals surface area contributed by atoms with E-state index in [0.717, 1.165) is 23.8 Å². The second-order valence-electron chi connectivity index (χ2n) is 10.2. The quantitative estimate of drug-likeness (QED) is 0.211. The molecule has 3 aromatic carbocycles. The van der Waals surface area contributed by atoms with E-state index in [0.29, 0.717) is 11.1 Å². The van der Waals surface area contributed by atoms with Gasteiger partial charge in [0.15, 0.2) is 0 Å². The van der Waals surface area contributed by atoms with Crippen molar-refractivity contribution < 1.29 is 53.3 Å². The van der Waals surface area contributed by atoms with Gasteiger partial charge in [-0.15, -0.1) is 0 Å². The Morgan fingerprint density at radius 1 is 0.733 bits per heavy atom. The van der Waals surface area contributed by atoms with Crippen molar-refractivity contribution in [2.75, 3.05) is 13.2 Å². The molecule has 234 valence electrons. The van der Waals surface area contributed by atoms with Crippen molar-refractivity contribution in [2.45, 2.75) is 29.9 Å². The van der Waals surface area contributed by atoms with Gasteiger partial charge in [-0.2, -0.15) is 0 Å². The Hall–Kier alpha value is -4.91. The number of carboxylic acid groups (broad SMARTS) is 2. The van der Waals surface area contributed by atoms with E-state index in [9.17, 15) is 38.7 Å². The zero-order valence-electron chi connectivity index (χ0n) is 24.0. The highest BCUT2D eigenvalue weighted by atomic mass is 32.2. The highest BCUT2D eigenvalue weighted by Crippen LogP contribution is 2.26. The minimum atomic E-state index is -2.08. The van der Waals surface area contributed by atoms with Crippen LogP contribution in [0.5, 0.6) is 0 Å². The minimum Gasteiger partial charge on any atom is -0.478 e. The molecule has 0 bridgehead atoms. The number of aliphatic hydroxyl groups excluding tert-OH is 2. The van der Waals surface area contributed by atoms with Gasteiger partial charge in [0.25, 0.3) is 0 Å². The van der Waals surface area contributed by atoms with Crippen LogP contribution in [0.1, 0.15) is 59.5 Å². The van der Waals surface area contributed by atoms with Crippen molar-refractivity contribution in [2.24, 2.45) is 11.8 Å². The Morgan fingerprint density at radius 2 is 1.31 bits per heavy atom. The lowest BCUT2D eigenvalue weighted by Crippen LogP contribution is -2.21. The lowest BCUT2D eigenvalue weighted by molar-refractivity contribution is 0.0436. The lowest BCUT2D eigenvalue weighted by atomic mass is 9.88. The Morgan fingerprint density at radius 3 is 1.89 bits per heavy atom. The summed E-state index contributed by atoms with van der Waals surface area (Å²) in [5.41, 5.74) is 0.583. The van der Waals surface area contributed by atoms with Crippen LogP contribution in [0.25, 0.3) is 0 Å². The summed E-state index contributed by atoms with van der Waals surface area (Å²) in [6.07, 6.45) is 5.36. The van der Waals surface area contributed by atoms with Crippen LogP contribution in [0.15, 0.2) is 94.3 Å². The SMILES string of the molecule is CC1C=C(CO)C=CC1COC(=O)c1cc(S(=O)c2ccc(C(=O)OCc3ccc(CO)cc3)c(C(=O)O)c2)ccc1C(=O)O. The van der Waals surface area contributed by atoms with Gasteiger partial charge in [0.1, 0.15) is 6.61 Å². The Kier molecular flexibility index (Phi) is 10.8. The number of rotatable bonds is 12. The van der Waals surface area contributed by atoms with Crippen LogP contribution in [0.3, 0.4) is 0 Å². The zero-order chi connectivity index (χ0) is 32.7. The molecule has 1 aliphatic rings. The molecule has 0 heterocycles. The molecular weight excluding hydrogens is 604 g/mol. The molecule has 12 heteroatoms. The third kappa shape index (κ3) is 7.98. The number of aliphatic hydroxyl groups is 2. The zero-order valence-corrected chi connectivity index (χ0v) is 24.9. The van der Waals surface area contributed by atoms with Gasteiger partial charge < -0.3 is 29.9 Å². The standard InChI is InChI=1S/C33H30O11S/c1-19-12-22(16-35)6-7-23(19)18-44-33(41)29-14-25(8-10-26(29)30(36)37)45(42)24-9-11-27(28(13-24)31(38)39)32(40)43-17-21-4-2-20(15-34)3-5-21/h2-14,19,23,34-35H,15-18H2,1H3,(H,36,37)(H,38,39). The fourth-order valence-corrected chi connectivity index (χ4v) is 5.70. The molecule has 4 N–H and O–H groups in total. The molecule has 3 atom stereocenters. The predicted octanol–water partition coefficient (Wildman–Crippen LogP) is 4.00. The fourth-order valence-electron chi connectivity index (χ4n) is 4.59. The summed E-state index contributed by atoms with van der Waals surface area (Å²) in [4.78, 5) is 49.6. The maximum atomic E-state index is 13.5. The van der Waals surface area contributed by atoms with E-state index in [-0.39, 0.29) is 64.7 Å². The van der Waals surface area contributed by atoms with Crippen molar-refractivity contribution in [1.29, 1.82) is 0 Å². The molecule has 0 amide bonds. The van der Waals surface area contributed by atoms with Gasteiger partial charge in [-0.05, 0) is 59.0 Å². The summed E-state index contributed by atoms with van der Waals surface area (Å²) in [6.45, 7) is 1.40. The molecule has 0 saturated heterocycles. The van der Waals surface area contributed by atoms with Crippen molar-refractivity contribution in [1.82, 2.24) is 0 Å². The Balaban J connectivity index is 1.53. The highest BCUT2D eigenvalue weighted by molar-refractivity contribution is 7.85. The molecule has 0 spiro atoms. The van der Waals surface area contributed by atoms with Crippen LogP contribution in [-0.2, 0) is 33.5 Å². The topological polar surface area (TPSA) is 185 Å². The number of carboxylic acids is 2. The molecule has 0 aromatic heterocycles. The maximum absolute atomic E-state index is 13.5. The van der Waals surface area contributed by atoms with E-state index in [1.54, 1.807) is 36.4 Å². The van der Waals surface area contributed by atoms with Gasteiger partial charge in [-0.1, -0.05) is 49.4 Å². The molecule has 11 nitrogen and oxygen atoms in total. The molecule has 0 fully saturated rings. The molecule has 3 unspecified atom stereocenters. The molecule has 0 radical (unpaired) electrons. The number of allylic oxidation sites excluding steroid dienone is 1. The second-order valence-corrected chi connectivity index (χ2v) is 11.7. The summed E-state index contributed by atoms with van der Waals surface area (Å²) in [5, 5.41) is 37.9. The van der Waals surface area contributed by atoms with E-state index >= 15 is 0 Å². The van der Waals surface area contributed by atoms with Crippen LogP contribution < -0.4 is 0 Å². The van der Waals surface area contributed by atoms with Crippen molar-refractivity contribution in [3.63, 3.8) is 0 Å². The number of aromatic carboxylic acids is 2. The summed E-state index contributed by atoms with van der Waals surface area (Å²) in [6, 6.07) is 13.6. The summed E-state index contributed by atoms with van der Waals surface area (Å²) >= 11 is 0. The van der Waals surface area contributed by atoms with Crippen LogP contribution in [0, 0.1) is 11.8 Å². The average Bonchev–Trinajstić information content (AvgIpc) is 3.05. The van der Waals surface area contributed by atoms with Gasteiger partial charge in [0.2, 0.25) is 0 Å². The van der Waals surface area contributed by atoms with Gasteiger partial charge in [0, 0.05) is 15.7 Å². The molecule has 0 aliphatic heterocycles. The van der Waals surface area contributed by atoms with E-state index in [2.05, 4.69) is 0 Å². The first kappa shape index (κ1) is 33.0. The first-order chi connectivity index (χ1) is 21.5. The Labute approximate surface area is 260 Å². The van der Waals surface area contributed by atoms with E-state index in [1.165, 1.54) is 18.2 Å². The normalized spacial score (nSPS) is 16.4. The lowest BCUT2D eigenvalue weighted by Gasteiger charge is -2.22. The molecule has 0 saturated carbocycles.